The molecule has 0 radical (unpaired) electrons. The summed E-state index contributed by atoms with van der Waals surface area (Å²) < 4.78 is 0. The number of carbonyl (C=O) groups is 3. The lowest BCUT2D eigenvalue weighted by atomic mass is 10.1. The molecule has 0 saturated carbocycles. The average molecular weight is 293 g/mol. The molecule has 1 atom stereocenters. The Balaban J connectivity index is 1.86. The molecule has 4 amide bonds. The molecule has 2 aliphatic rings. The molecule has 1 N–H and O–H groups in total. The Hall–Kier alpha value is -3.15. The molecular formula is C16H11N3O3. The highest BCUT2D eigenvalue weighted by atomic mass is 16.2. The highest BCUT2D eigenvalue weighted by Crippen LogP contribution is 2.37. The summed E-state index contributed by atoms with van der Waals surface area (Å²) in [5.74, 6) is -1.03. The van der Waals surface area contributed by atoms with Crippen LogP contribution in [0.15, 0.2) is 54.6 Å². The van der Waals surface area contributed by atoms with E-state index in [1.807, 2.05) is 0 Å². The molecule has 2 heterocycles. The summed E-state index contributed by atoms with van der Waals surface area (Å²) in [7, 11) is 0. The molecule has 1 fully saturated rings. The van der Waals surface area contributed by atoms with Gasteiger partial charge in [0.15, 0.2) is 6.04 Å². The first-order chi connectivity index (χ1) is 10.7. The molecule has 6 heteroatoms. The highest BCUT2D eigenvalue weighted by Gasteiger charge is 2.53. The molecule has 2 aliphatic heterocycles. The number of imide groups is 1. The van der Waals surface area contributed by atoms with Crippen LogP contribution in [-0.4, -0.2) is 23.9 Å². The number of nitrogens with zero attached hydrogens (tertiary/aromatic N) is 2. The van der Waals surface area contributed by atoms with Crippen LogP contribution in [0.25, 0.3) is 0 Å². The van der Waals surface area contributed by atoms with E-state index in [1.54, 1.807) is 54.6 Å². The van der Waals surface area contributed by atoms with Crippen LogP contribution in [0.2, 0.25) is 0 Å². The minimum atomic E-state index is -1.15. The largest absolute Gasteiger partial charge is 0.337 e. The van der Waals surface area contributed by atoms with Gasteiger partial charge in [0, 0.05) is 0 Å². The second kappa shape index (κ2) is 4.42. The molecule has 4 rings (SSSR count). The van der Waals surface area contributed by atoms with Crippen LogP contribution >= 0.6 is 0 Å². The van der Waals surface area contributed by atoms with E-state index in [-0.39, 0.29) is 0 Å². The van der Waals surface area contributed by atoms with Gasteiger partial charge in [-0.05, 0) is 24.3 Å². The topological polar surface area (TPSA) is 69.7 Å². The van der Waals surface area contributed by atoms with Crippen LogP contribution in [0, 0.1) is 0 Å². The maximum Gasteiger partial charge on any atom is 0.337 e. The summed E-state index contributed by atoms with van der Waals surface area (Å²) in [6.45, 7) is 0. The Morgan fingerprint density at radius 1 is 0.864 bits per heavy atom. The molecular weight excluding hydrogens is 282 g/mol. The van der Waals surface area contributed by atoms with Crippen molar-refractivity contribution in [1.82, 2.24) is 0 Å². The van der Waals surface area contributed by atoms with Crippen molar-refractivity contribution < 1.29 is 14.4 Å². The molecule has 0 aliphatic carbocycles. The first-order valence-electron chi connectivity index (χ1n) is 6.80. The number of benzene rings is 2. The molecule has 2 aromatic carbocycles. The Morgan fingerprint density at radius 3 is 2.32 bits per heavy atom. The predicted octanol–water partition coefficient (Wildman–Crippen LogP) is 1.98. The summed E-state index contributed by atoms with van der Waals surface area (Å²) in [5, 5.41) is 2.67. The third kappa shape index (κ3) is 1.57. The lowest BCUT2D eigenvalue weighted by Crippen LogP contribution is -2.48. The Labute approximate surface area is 125 Å². The van der Waals surface area contributed by atoms with Crippen LogP contribution in [0.3, 0.4) is 0 Å². The van der Waals surface area contributed by atoms with Crippen LogP contribution in [0.4, 0.5) is 21.9 Å². The fourth-order valence-corrected chi connectivity index (χ4v) is 2.82. The lowest BCUT2D eigenvalue weighted by Gasteiger charge is -2.28. The van der Waals surface area contributed by atoms with E-state index < -0.39 is 23.9 Å². The molecule has 6 nitrogen and oxygen atoms in total. The van der Waals surface area contributed by atoms with Crippen molar-refractivity contribution in [1.29, 1.82) is 0 Å². The molecule has 0 aromatic heterocycles. The first-order valence-corrected chi connectivity index (χ1v) is 6.80. The van der Waals surface area contributed by atoms with Crippen molar-refractivity contribution in [3.63, 3.8) is 0 Å². The maximum absolute atomic E-state index is 12.7. The van der Waals surface area contributed by atoms with Crippen molar-refractivity contribution in [2.45, 2.75) is 6.04 Å². The van der Waals surface area contributed by atoms with E-state index in [0.717, 1.165) is 4.90 Å². The number of amides is 4. The normalized spacial score (nSPS) is 19.8. The number of para-hydroxylation sites is 3. The van der Waals surface area contributed by atoms with E-state index >= 15 is 0 Å². The smallest absolute Gasteiger partial charge is 0.322 e. The summed E-state index contributed by atoms with van der Waals surface area (Å²) in [6.07, 6.45) is 0. The van der Waals surface area contributed by atoms with E-state index in [2.05, 4.69) is 5.32 Å². The van der Waals surface area contributed by atoms with Gasteiger partial charge >= 0.3 is 6.03 Å². The molecule has 1 saturated heterocycles. The van der Waals surface area contributed by atoms with E-state index in [1.165, 1.54) is 4.90 Å². The van der Waals surface area contributed by atoms with Crippen molar-refractivity contribution >= 4 is 34.9 Å². The third-order valence-corrected chi connectivity index (χ3v) is 3.79. The van der Waals surface area contributed by atoms with Gasteiger partial charge < -0.3 is 5.32 Å². The van der Waals surface area contributed by atoms with Gasteiger partial charge in [-0.15, -0.1) is 0 Å². The van der Waals surface area contributed by atoms with E-state index in [9.17, 15) is 14.4 Å². The van der Waals surface area contributed by atoms with Crippen LogP contribution in [-0.2, 0) is 9.59 Å². The Bertz CT molecular complexity index is 803. The van der Waals surface area contributed by atoms with Gasteiger partial charge in [-0.3, -0.25) is 14.5 Å². The number of carbonyl (C=O) groups excluding carboxylic acids is 3. The highest BCUT2D eigenvalue weighted by molar-refractivity contribution is 6.37. The standard InChI is InChI=1S/C16H11N3O3/c20-14-13-15(21)18(10-6-2-1-3-7-10)16(22)19(13)12-9-5-4-8-11(12)17-14/h1-9,13H,(H,17,20). The number of nitrogens with one attached hydrogen (secondary N) is 1. The minimum absolute atomic E-state index is 0.456. The third-order valence-electron chi connectivity index (χ3n) is 3.79. The fraction of sp³-hybridized carbons (Fsp3) is 0.0625. The van der Waals surface area contributed by atoms with Crippen molar-refractivity contribution in [3.05, 3.63) is 54.6 Å². The Kier molecular flexibility index (Phi) is 2.53. The monoisotopic (exact) mass is 293 g/mol. The number of urea groups is 1. The van der Waals surface area contributed by atoms with Gasteiger partial charge in [0.2, 0.25) is 0 Å². The van der Waals surface area contributed by atoms with Gasteiger partial charge in [-0.1, -0.05) is 30.3 Å². The lowest BCUT2D eigenvalue weighted by molar-refractivity contribution is -0.125. The fourth-order valence-electron chi connectivity index (χ4n) is 2.82. The second-order valence-corrected chi connectivity index (χ2v) is 5.07. The van der Waals surface area contributed by atoms with Crippen LogP contribution < -0.4 is 15.1 Å². The number of hydrogen-bond acceptors (Lipinski definition) is 3. The SMILES string of the molecule is O=C1Nc2ccccc2N2C(=O)N(c3ccccc3)C(=O)C12. The summed E-state index contributed by atoms with van der Waals surface area (Å²) in [4.78, 5) is 39.8. The summed E-state index contributed by atoms with van der Waals surface area (Å²) in [5.41, 5.74) is 1.51. The van der Waals surface area contributed by atoms with E-state index in [4.69, 9.17) is 0 Å². The summed E-state index contributed by atoms with van der Waals surface area (Å²) in [6, 6.07) is 13.9. The number of fused-ring (bicyclic) bond motifs is 3. The maximum atomic E-state index is 12.7. The molecule has 22 heavy (non-hydrogen) atoms. The van der Waals surface area contributed by atoms with Crippen LogP contribution in [0.5, 0.6) is 0 Å². The second-order valence-electron chi connectivity index (χ2n) is 5.07. The zero-order chi connectivity index (χ0) is 15.3. The van der Waals surface area contributed by atoms with Gasteiger partial charge in [0.05, 0.1) is 17.1 Å². The quantitative estimate of drug-likeness (QED) is 0.645. The number of anilines is 3. The Morgan fingerprint density at radius 2 is 1.55 bits per heavy atom. The van der Waals surface area contributed by atoms with Gasteiger partial charge in [-0.2, -0.15) is 0 Å². The summed E-state index contributed by atoms with van der Waals surface area (Å²) >= 11 is 0. The van der Waals surface area contributed by atoms with Crippen LogP contribution in [0.1, 0.15) is 0 Å². The van der Waals surface area contributed by atoms with E-state index in [0.29, 0.717) is 17.1 Å². The zero-order valence-corrected chi connectivity index (χ0v) is 11.4. The van der Waals surface area contributed by atoms with Gasteiger partial charge in [-0.25, -0.2) is 9.69 Å². The molecule has 1 unspecified atom stereocenters. The van der Waals surface area contributed by atoms with Crippen molar-refractivity contribution in [2.24, 2.45) is 0 Å². The van der Waals surface area contributed by atoms with Crippen molar-refractivity contribution in [2.75, 3.05) is 15.1 Å². The first kappa shape index (κ1) is 12.6. The predicted molar refractivity (Wildman–Crippen MR) is 80.7 cm³/mol. The number of hydrogen-bond donors (Lipinski definition) is 1. The minimum Gasteiger partial charge on any atom is -0.322 e. The van der Waals surface area contributed by atoms with Gasteiger partial charge in [0.1, 0.15) is 0 Å². The van der Waals surface area contributed by atoms with Crippen molar-refractivity contribution in [3.8, 4) is 0 Å². The van der Waals surface area contributed by atoms with Gasteiger partial charge in [0.25, 0.3) is 11.8 Å². The molecule has 0 spiro atoms. The molecule has 0 bridgehead atoms. The average Bonchev–Trinajstić information content (AvgIpc) is 2.80. The molecule has 2 aromatic rings. The zero-order valence-electron chi connectivity index (χ0n) is 11.4. The molecule has 108 valence electrons. The number of rotatable bonds is 1.